The van der Waals surface area contributed by atoms with Crippen molar-refractivity contribution in [3.05, 3.63) is 64.1 Å². The minimum Gasteiger partial charge on any atom is -0.214 e. The standard InChI is InChI=1S/C18H11Cl2N3S3/c1-24-18-22-16(25-13-6-2-11(19)3-7-13)15(10-21)17(23-18)26-14-8-4-12(20)5-9-14/h2-9H,1H3. The quantitative estimate of drug-likeness (QED) is 0.253. The van der Waals surface area contributed by atoms with E-state index < -0.39 is 0 Å². The summed E-state index contributed by atoms with van der Waals surface area (Å²) >= 11 is 16.2. The van der Waals surface area contributed by atoms with Crippen LogP contribution in [0.3, 0.4) is 0 Å². The van der Waals surface area contributed by atoms with Crippen molar-refractivity contribution >= 4 is 58.5 Å². The molecule has 3 aromatic rings. The van der Waals surface area contributed by atoms with Gasteiger partial charge in [0.2, 0.25) is 0 Å². The number of nitriles is 1. The number of aromatic nitrogens is 2. The number of hydrogen-bond donors (Lipinski definition) is 0. The van der Waals surface area contributed by atoms with Gasteiger partial charge in [0.1, 0.15) is 21.7 Å². The third-order valence-electron chi connectivity index (χ3n) is 3.17. The van der Waals surface area contributed by atoms with Crippen molar-refractivity contribution in [3.63, 3.8) is 0 Å². The van der Waals surface area contributed by atoms with E-state index >= 15 is 0 Å². The summed E-state index contributed by atoms with van der Waals surface area (Å²) in [4.78, 5) is 11.0. The summed E-state index contributed by atoms with van der Waals surface area (Å²) in [5.74, 6) is 0. The molecule has 0 fully saturated rings. The van der Waals surface area contributed by atoms with Crippen LogP contribution in [0.4, 0.5) is 0 Å². The van der Waals surface area contributed by atoms with Crippen molar-refractivity contribution in [2.45, 2.75) is 25.0 Å². The fraction of sp³-hybridized carbons (Fsp3) is 0.0556. The number of benzene rings is 2. The molecule has 130 valence electrons. The van der Waals surface area contributed by atoms with Crippen LogP contribution in [-0.4, -0.2) is 16.2 Å². The van der Waals surface area contributed by atoms with Crippen LogP contribution in [0.25, 0.3) is 0 Å². The second-order valence-corrected chi connectivity index (χ2v) is 8.69. The predicted molar refractivity (Wildman–Crippen MR) is 110 cm³/mol. The molecule has 0 saturated heterocycles. The summed E-state index contributed by atoms with van der Waals surface area (Å²) in [6, 6.07) is 17.1. The van der Waals surface area contributed by atoms with E-state index in [2.05, 4.69) is 16.0 Å². The van der Waals surface area contributed by atoms with Gasteiger partial charge < -0.3 is 0 Å². The highest BCUT2D eigenvalue weighted by Crippen LogP contribution is 2.37. The van der Waals surface area contributed by atoms with E-state index in [0.717, 1.165) is 9.79 Å². The molecule has 26 heavy (non-hydrogen) atoms. The lowest BCUT2D eigenvalue weighted by Gasteiger charge is -2.10. The maximum absolute atomic E-state index is 9.70. The first kappa shape index (κ1) is 19.4. The van der Waals surface area contributed by atoms with Crippen LogP contribution in [0.15, 0.2) is 73.5 Å². The molecule has 1 heterocycles. The Hall–Kier alpha value is -1.36. The van der Waals surface area contributed by atoms with E-state index in [0.29, 0.717) is 30.8 Å². The largest absolute Gasteiger partial charge is 0.214 e. The molecule has 1 aromatic heterocycles. The Morgan fingerprint density at radius 1 is 0.808 bits per heavy atom. The van der Waals surface area contributed by atoms with Gasteiger partial charge in [-0.25, -0.2) is 9.97 Å². The van der Waals surface area contributed by atoms with Crippen LogP contribution in [0.2, 0.25) is 10.0 Å². The summed E-state index contributed by atoms with van der Waals surface area (Å²) in [6.07, 6.45) is 1.91. The lowest BCUT2D eigenvalue weighted by Crippen LogP contribution is -1.97. The summed E-state index contributed by atoms with van der Waals surface area (Å²) in [6.45, 7) is 0. The van der Waals surface area contributed by atoms with Crippen LogP contribution in [-0.2, 0) is 0 Å². The van der Waals surface area contributed by atoms with E-state index in [1.54, 1.807) is 0 Å². The number of hydrogen-bond acceptors (Lipinski definition) is 6. The topological polar surface area (TPSA) is 49.6 Å². The van der Waals surface area contributed by atoms with Gasteiger partial charge in [-0.05, 0) is 54.8 Å². The molecule has 0 aliphatic carbocycles. The van der Waals surface area contributed by atoms with Gasteiger partial charge >= 0.3 is 0 Å². The Balaban J connectivity index is 1.99. The average molecular weight is 436 g/mol. The Bertz CT molecular complexity index is 886. The van der Waals surface area contributed by atoms with Crippen LogP contribution in [0.1, 0.15) is 5.56 Å². The Kier molecular flexibility index (Phi) is 6.74. The summed E-state index contributed by atoms with van der Waals surface area (Å²) in [5.41, 5.74) is 0.461. The van der Waals surface area contributed by atoms with Crippen molar-refractivity contribution in [3.8, 4) is 6.07 Å². The Morgan fingerprint density at radius 3 is 1.58 bits per heavy atom. The van der Waals surface area contributed by atoms with Gasteiger partial charge in [-0.2, -0.15) is 5.26 Å². The zero-order valence-electron chi connectivity index (χ0n) is 13.4. The number of halogens is 2. The van der Waals surface area contributed by atoms with Crippen molar-refractivity contribution in [2.24, 2.45) is 0 Å². The number of thioether (sulfide) groups is 1. The van der Waals surface area contributed by atoms with E-state index in [-0.39, 0.29) is 0 Å². The normalized spacial score (nSPS) is 10.5. The SMILES string of the molecule is CSc1nc(Sc2ccc(Cl)cc2)c(C#N)c(Sc2ccc(Cl)cc2)n1. The molecule has 3 nitrogen and oxygen atoms in total. The van der Waals surface area contributed by atoms with Crippen LogP contribution in [0, 0.1) is 11.3 Å². The summed E-state index contributed by atoms with van der Waals surface area (Å²) in [7, 11) is 0. The fourth-order valence-corrected chi connectivity index (χ4v) is 4.51. The molecule has 0 aliphatic heterocycles. The fourth-order valence-electron chi connectivity index (χ4n) is 1.97. The molecule has 2 aromatic carbocycles. The molecule has 0 spiro atoms. The minimum absolute atomic E-state index is 0.461. The van der Waals surface area contributed by atoms with E-state index in [9.17, 15) is 5.26 Å². The van der Waals surface area contributed by atoms with Gasteiger partial charge in [-0.15, -0.1) is 0 Å². The maximum atomic E-state index is 9.70. The van der Waals surface area contributed by atoms with Crippen LogP contribution >= 0.6 is 58.5 Å². The number of nitrogens with zero attached hydrogens (tertiary/aromatic N) is 3. The average Bonchev–Trinajstić information content (AvgIpc) is 2.65. The van der Waals surface area contributed by atoms with Gasteiger partial charge in [0.25, 0.3) is 0 Å². The molecular formula is C18H11Cl2N3S3. The molecule has 3 rings (SSSR count). The molecular weight excluding hydrogens is 425 g/mol. The molecule has 0 bridgehead atoms. The summed E-state index contributed by atoms with van der Waals surface area (Å²) < 4.78 is 0. The second-order valence-electron chi connectivity index (χ2n) is 4.92. The molecule has 0 amide bonds. The van der Waals surface area contributed by atoms with Gasteiger partial charge in [-0.1, -0.05) is 58.5 Å². The van der Waals surface area contributed by atoms with Gasteiger partial charge in [0, 0.05) is 19.8 Å². The zero-order chi connectivity index (χ0) is 18.5. The molecule has 8 heteroatoms. The highest BCUT2D eigenvalue weighted by molar-refractivity contribution is 8.00. The lowest BCUT2D eigenvalue weighted by atomic mass is 10.4. The van der Waals surface area contributed by atoms with Gasteiger partial charge in [0.05, 0.1) is 0 Å². The van der Waals surface area contributed by atoms with Gasteiger partial charge in [0.15, 0.2) is 5.16 Å². The van der Waals surface area contributed by atoms with Crippen molar-refractivity contribution in [1.29, 1.82) is 5.26 Å². The number of rotatable bonds is 5. The Morgan fingerprint density at radius 2 is 1.23 bits per heavy atom. The van der Waals surface area contributed by atoms with Crippen molar-refractivity contribution in [2.75, 3.05) is 6.26 Å². The predicted octanol–water partition coefficient (Wildman–Crippen LogP) is 6.68. The molecule has 0 unspecified atom stereocenters. The van der Waals surface area contributed by atoms with E-state index in [1.807, 2.05) is 54.8 Å². The molecule has 0 saturated carbocycles. The highest BCUT2D eigenvalue weighted by Gasteiger charge is 2.17. The van der Waals surface area contributed by atoms with Crippen molar-refractivity contribution < 1.29 is 0 Å². The first-order valence-corrected chi connectivity index (χ1v) is 10.9. The summed E-state index contributed by atoms with van der Waals surface area (Å²) in [5, 5.41) is 12.9. The monoisotopic (exact) mass is 435 g/mol. The first-order chi connectivity index (χ1) is 12.6. The Labute approximate surface area is 174 Å². The smallest absolute Gasteiger partial charge is 0.189 e. The molecule has 0 atom stereocenters. The van der Waals surface area contributed by atoms with E-state index in [4.69, 9.17) is 23.2 Å². The van der Waals surface area contributed by atoms with Crippen LogP contribution < -0.4 is 0 Å². The van der Waals surface area contributed by atoms with Crippen LogP contribution in [0.5, 0.6) is 0 Å². The molecule has 0 N–H and O–H groups in total. The minimum atomic E-state index is 0.461. The third-order valence-corrected chi connectivity index (χ3v) is 6.22. The third kappa shape index (κ3) is 4.87. The molecule has 0 aliphatic rings. The second kappa shape index (κ2) is 9.03. The zero-order valence-corrected chi connectivity index (χ0v) is 17.4. The lowest BCUT2D eigenvalue weighted by molar-refractivity contribution is 0.818. The van der Waals surface area contributed by atoms with Crippen molar-refractivity contribution in [1.82, 2.24) is 9.97 Å². The van der Waals surface area contributed by atoms with Gasteiger partial charge in [-0.3, -0.25) is 0 Å². The molecule has 0 radical (unpaired) electrons. The van der Waals surface area contributed by atoms with E-state index in [1.165, 1.54) is 35.3 Å². The maximum Gasteiger partial charge on any atom is 0.189 e. The highest BCUT2D eigenvalue weighted by atomic mass is 35.5. The first-order valence-electron chi connectivity index (χ1n) is 7.32.